The fourth-order valence-corrected chi connectivity index (χ4v) is 16.0. The largest absolute Gasteiger partial charge is 0.379 e. The molecule has 0 radical (unpaired) electrons. The smallest absolute Gasteiger partial charge is 0.286 e. The van der Waals surface area contributed by atoms with Gasteiger partial charge in [0.2, 0.25) is 0 Å². The molecule has 9 fully saturated rings. The maximum absolute atomic E-state index is 13.7. The van der Waals surface area contributed by atoms with Crippen molar-refractivity contribution < 1.29 is 21.0 Å². The molecule has 8 N–H and O–H groups in total. The summed E-state index contributed by atoms with van der Waals surface area (Å²) in [6, 6.07) is 7.38. The van der Waals surface area contributed by atoms with Crippen LogP contribution in [-0.2, 0) is 22.2 Å². The van der Waals surface area contributed by atoms with Crippen molar-refractivity contribution >= 4 is 18.0 Å². The Labute approximate surface area is 314 Å². The summed E-state index contributed by atoms with van der Waals surface area (Å²) < 4.78 is 60.3. The van der Waals surface area contributed by atoms with E-state index >= 15 is 0 Å². The van der Waals surface area contributed by atoms with Crippen molar-refractivity contribution in [1.29, 1.82) is 0 Å². The molecule has 5 heterocycles. The number of hydrogen-bond donors (Lipinski definition) is 8. The monoisotopic (exact) mass is 772 g/mol. The number of benzene rings is 1. The van der Waals surface area contributed by atoms with Crippen LogP contribution in [0.15, 0.2) is 35.2 Å². The van der Waals surface area contributed by atoms with Gasteiger partial charge in [-0.2, -0.15) is 8.42 Å². The second kappa shape index (κ2) is 14.3. The Morgan fingerprint density at radius 2 is 0.755 bits per heavy atom. The van der Waals surface area contributed by atoms with Crippen LogP contribution in [0.3, 0.4) is 0 Å². The maximum atomic E-state index is 13.7. The Hall–Kier alpha value is -1.24. The molecule has 0 aromatic heterocycles. The molecule has 294 valence electrons. The van der Waals surface area contributed by atoms with Crippen LogP contribution >= 0.6 is 0 Å². The van der Waals surface area contributed by atoms with Gasteiger partial charge < -0.3 is 0 Å². The summed E-state index contributed by atoms with van der Waals surface area (Å²) in [5, 5.41) is 32.6. The number of nitrogens with one attached hydrogen (secondary N) is 8. The topological polar surface area (TPSA) is 174 Å². The Bertz CT molecular complexity index is 1700. The zero-order valence-corrected chi connectivity index (χ0v) is 32.3. The fourth-order valence-electron chi connectivity index (χ4n) is 13.0. The standard InChI is InChI=1S/C38H60N8O5S2/c47-52(48,21-11-2-1-3-12-21)53(49,50)51-29-20-10-19-28-30(29)38-45-36-27-18-9-8-17-26(27)34(43-36)41-32-23-14-5-4-13-22(23)31(39-32)40-33-24-15-6-7-16-25(24)35(42-33)44-37(28)46-38/h1-3,11-12,22-46H,4-10,13-20H2. The highest BCUT2D eigenvalue weighted by molar-refractivity contribution is 8.65. The first-order chi connectivity index (χ1) is 25.7. The average Bonchev–Trinajstić information content (AvgIpc) is 3.91. The van der Waals surface area contributed by atoms with Gasteiger partial charge in [0.15, 0.2) is 0 Å². The molecule has 1 aromatic rings. The summed E-state index contributed by atoms with van der Waals surface area (Å²) in [5.74, 6) is 2.99. The zero-order chi connectivity index (χ0) is 35.9. The van der Waals surface area contributed by atoms with E-state index in [0.29, 0.717) is 41.9 Å². The highest BCUT2D eigenvalue weighted by atomic mass is 33.2. The highest BCUT2D eigenvalue weighted by Crippen LogP contribution is 2.46. The average molecular weight is 773 g/mol. The van der Waals surface area contributed by atoms with Gasteiger partial charge in [0.25, 0.3) is 0 Å². The van der Waals surface area contributed by atoms with Crippen molar-refractivity contribution in [3.05, 3.63) is 30.3 Å². The van der Waals surface area contributed by atoms with Crippen LogP contribution in [0, 0.1) is 47.3 Å². The van der Waals surface area contributed by atoms with E-state index in [2.05, 4.69) is 42.5 Å². The van der Waals surface area contributed by atoms with Crippen LogP contribution in [0.1, 0.15) is 96.3 Å². The molecule has 17 atom stereocenters. The van der Waals surface area contributed by atoms with Crippen molar-refractivity contribution in [2.75, 3.05) is 0 Å². The van der Waals surface area contributed by atoms with E-state index in [4.69, 9.17) is 4.18 Å². The molecule has 17 unspecified atom stereocenters. The first kappa shape index (κ1) is 36.1. The van der Waals surface area contributed by atoms with E-state index < -0.39 is 24.1 Å². The molecule has 13 nitrogen and oxygen atoms in total. The number of fused-ring (bicyclic) bond motifs is 20. The van der Waals surface area contributed by atoms with Gasteiger partial charge in [-0.05, 0) is 105 Å². The minimum Gasteiger partial charge on any atom is -0.286 e. The Morgan fingerprint density at radius 1 is 0.415 bits per heavy atom. The van der Waals surface area contributed by atoms with Crippen molar-refractivity contribution in [3.8, 4) is 0 Å². The van der Waals surface area contributed by atoms with Gasteiger partial charge in [-0.15, -0.1) is 0 Å². The van der Waals surface area contributed by atoms with E-state index in [-0.39, 0.29) is 66.1 Å². The van der Waals surface area contributed by atoms with Gasteiger partial charge in [0.1, 0.15) is 0 Å². The van der Waals surface area contributed by atoms with Gasteiger partial charge >= 0.3 is 18.0 Å². The molecule has 5 aliphatic heterocycles. The van der Waals surface area contributed by atoms with Crippen LogP contribution in [0.25, 0.3) is 0 Å². The third-order valence-electron chi connectivity index (χ3n) is 15.4. The third-order valence-corrected chi connectivity index (χ3v) is 19.7. The van der Waals surface area contributed by atoms with E-state index in [1.165, 1.54) is 94.9 Å². The normalized spacial score (nSPS) is 48.3. The molecule has 4 saturated carbocycles. The summed E-state index contributed by atoms with van der Waals surface area (Å²) in [4.78, 5) is -0.263. The van der Waals surface area contributed by atoms with E-state index in [9.17, 15) is 16.8 Å². The van der Waals surface area contributed by atoms with Crippen molar-refractivity contribution in [2.24, 2.45) is 47.3 Å². The lowest BCUT2D eigenvalue weighted by Gasteiger charge is -2.38. The maximum Gasteiger partial charge on any atom is 0.379 e. The highest BCUT2D eigenvalue weighted by Gasteiger charge is 2.56. The second-order valence-corrected chi connectivity index (χ2v) is 22.9. The Balaban J connectivity index is 0.989. The number of rotatable bonds is 4. The third kappa shape index (κ3) is 6.36. The van der Waals surface area contributed by atoms with Crippen molar-refractivity contribution in [1.82, 2.24) is 42.5 Å². The van der Waals surface area contributed by atoms with Gasteiger partial charge in [0.05, 0.1) is 60.3 Å². The summed E-state index contributed by atoms with van der Waals surface area (Å²) in [6.45, 7) is 0. The lowest BCUT2D eigenvalue weighted by molar-refractivity contribution is 0.0492. The molecule has 1 aromatic carbocycles. The minimum atomic E-state index is -4.97. The SMILES string of the molecule is O=S(=O)(OC1CCCC2C3NC4NC(NC5NC(NC6NC(NC(N3)C12)C1CCCCC61)C1CCCCC51)C1CCCCC41)S(=O)(=O)c1ccccc1. The first-order valence-electron chi connectivity index (χ1n) is 21.1. The van der Waals surface area contributed by atoms with Crippen LogP contribution in [0.4, 0.5) is 0 Å². The van der Waals surface area contributed by atoms with E-state index in [0.717, 1.165) is 19.3 Å². The molecule has 10 rings (SSSR count). The summed E-state index contributed by atoms with van der Waals surface area (Å²) in [6.07, 6.45) is 16.9. The molecule has 8 bridgehead atoms. The van der Waals surface area contributed by atoms with E-state index in [1.54, 1.807) is 6.07 Å². The lowest BCUT2D eigenvalue weighted by atomic mass is 9.75. The zero-order valence-electron chi connectivity index (χ0n) is 30.7. The van der Waals surface area contributed by atoms with Crippen LogP contribution in [0.2, 0.25) is 0 Å². The van der Waals surface area contributed by atoms with E-state index in [1.807, 2.05) is 0 Å². The molecule has 0 spiro atoms. The molecular weight excluding hydrogens is 713 g/mol. The summed E-state index contributed by atoms with van der Waals surface area (Å²) >= 11 is 0. The Morgan fingerprint density at radius 3 is 1.15 bits per heavy atom. The lowest BCUT2D eigenvalue weighted by Crippen LogP contribution is -2.62. The predicted octanol–water partition coefficient (Wildman–Crippen LogP) is 2.32. The molecule has 0 amide bonds. The molecule has 5 saturated heterocycles. The minimum absolute atomic E-state index is 0.0315. The number of hydrogen-bond acceptors (Lipinski definition) is 13. The first-order valence-corrected chi connectivity index (χ1v) is 24.5. The van der Waals surface area contributed by atoms with Crippen molar-refractivity contribution in [2.45, 2.75) is 157 Å². The van der Waals surface area contributed by atoms with Crippen molar-refractivity contribution in [3.63, 3.8) is 0 Å². The summed E-state index contributed by atoms with van der Waals surface area (Å²) in [5.41, 5.74) is 0. The van der Waals surface area contributed by atoms with Gasteiger partial charge in [0, 0.05) is 5.92 Å². The molecular formula is C38H60N8O5S2. The molecule has 9 aliphatic rings. The molecule has 15 heteroatoms. The summed E-state index contributed by atoms with van der Waals surface area (Å²) in [7, 11) is -9.72. The van der Waals surface area contributed by atoms with Crippen LogP contribution in [-0.4, -0.2) is 72.3 Å². The molecule has 4 aliphatic carbocycles. The second-order valence-electron chi connectivity index (χ2n) is 18.0. The van der Waals surface area contributed by atoms with Gasteiger partial charge in [-0.1, -0.05) is 63.1 Å². The predicted molar refractivity (Wildman–Crippen MR) is 200 cm³/mol. The van der Waals surface area contributed by atoms with Gasteiger partial charge in [-0.25, -0.2) is 8.42 Å². The van der Waals surface area contributed by atoms with Crippen LogP contribution < -0.4 is 42.5 Å². The Kier molecular flexibility index (Phi) is 9.74. The van der Waals surface area contributed by atoms with Gasteiger partial charge in [-0.3, -0.25) is 46.7 Å². The quantitative estimate of drug-likeness (QED) is 0.210. The molecule has 53 heavy (non-hydrogen) atoms. The van der Waals surface area contributed by atoms with Crippen LogP contribution in [0.5, 0.6) is 0 Å². The fraction of sp³-hybridized carbons (Fsp3) is 0.842.